The van der Waals surface area contributed by atoms with E-state index in [1.807, 2.05) is 0 Å². The molecule has 1 aliphatic heterocycles. The van der Waals surface area contributed by atoms with Crippen LogP contribution in [-0.4, -0.2) is 27.3 Å². The Morgan fingerprint density at radius 2 is 2.41 bits per heavy atom. The highest BCUT2D eigenvalue weighted by Gasteiger charge is 2.22. The van der Waals surface area contributed by atoms with Crippen molar-refractivity contribution in [2.24, 2.45) is 0 Å². The van der Waals surface area contributed by atoms with Crippen molar-refractivity contribution < 1.29 is 9.21 Å². The minimum atomic E-state index is -0.00625. The van der Waals surface area contributed by atoms with Gasteiger partial charge in [-0.25, -0.2) is 9.97 Å². The molecule has 0 fully saturated rings. The van der Waals surface area contributed by atoms with E-state index < -0.39 is 0 Å². The Hall–Kier alpha value is -2.17. The first-order chi connectivity index (χ1) is 8.34. The van der Waals surface area contributed by atoms with Crippen molar-refractivity contribution in [1.29, 1.82) is 0 Å². The van der Waals surface area contributed by atoms with E-state index >= 15 is 0 Å². The maximum atomic E-state index is 12.1. The molecule has 5 heteroatoms. The topological polar surface area (TPSA) is 59.2 Å². The van der Waals surface area contributed by atoms with Crippen LogP contribution in [-0.2, 0) is 13.0 Å². The number of carbonyl (C=O) groups is 1. The van der Waals surface area contributed by atoms with Crippen molar-refractivity contribution in [3.63, 3.8) is 0 Å². The normalized spacial score (nSPS) is 14.5. The molecule has 0 aromatic carbocycles. The van der Waals surface area contributed by atoms with E-state index in [0.29, 0.717) is 18.7 Å². The Kier molecular flexibility index (Phi) is 2.36. The molecule has 3 heterocycles. The van der Waals surface area contributed by atoms with Crippen molar-refractivity contribution in [3.05, 3.63) is 47.9 Å². The number of furan rings is 1. The van der Waals surface area contributed by atoms with Crippen LogP contribution in [0.15, 0.2) is 35.5 Å². The second-order valence-electron chi connectivity index (χ2n) is 3.98. The molecule has 1 aliphatic rings. The van der Waals surface area contributed by atoms with Gasteiger partial charge in [-0.1, -0.05) is 0 Å². The quantitative estimate of drug-likeness (QED) is 0.738. The monoisotopic (exact) mass is 229 g/mol. The van der Waals surface area contributed by atoms with Crippen molar-refractivity contribution in [2.45, 2.75) is 13.0 Å². The second-order valence-corrected chi connectivity index (χ2v) is 3.98. The summed E-state index contributed by atoms with van der Waals surface area (Å²) in [5.74, 6) is -0.00625. The standard InChI is InChI=1S/C12H11N3O2/c16-12(9-2-4-17-7-9)15-3-1-11-10(6-15)5-13-8-14-11/h2,4-5,7-8H,1,3,6H2. The van der Waals surface area contributed by atoms with Gasteiger partial charge < -0.3 is 9.32 Å². The summed E-state index contributed by atoms with van der Waals surface area (Å²) in [6, 6.07) is 1.68. The molecular weight excluding hydrogens is 218 g/mol. The third-order valence-corrected chi connectivity index (χ3v) is 2.92. The van der Waals surface area contributed by atoms with Gasteiger partial charge in [-0.15, -0.1) is 0 Å². The van der Waals surface area contributed by atoms with Crippen LogP contribution < -0.4 is 0 Å². The van der Waals surface area contributed by atoms with E-state index in [1.54, 1.807) is 23.5 Å². The first-order valence-electron chi connectivity index (χ1n) is 5.44. The largest absolute Gasteiger partial charge is 0.472 e. The molecule has 0 N–H and O–H groups in total. The Bertz CT molecular complexity index is 536. The lowest BCUT2D eigenvalue weighted by molar-refractivity contribution is 0.0732. The summed E-state index contributed by atoms with van der Waals surface area (Å²) in [5, 5.41) is 0. The average molecular weight is 229 g/mol. The van der Waals surface area contributed by atoms with Gasteiger partial charge in [0.2, 0.25) is 0 Å². The zero-order chi connectivity index (χ0) is 11.7. The highest BCUT2D eigenvalue weighted by atomic mass is 16.3. The van der Waals surface area contributed by atoms with E-state index in [1.165, 1.54) is 12.5 Å². The number of carbonyl (C=O) groups excluding carboxylic acids is 1. The predicted octanol–water partition coefficient (Wildman–Crippen LogP) is 1.27. The molecule has 2 aromatic heterocycles. The number of fused-ring (bicyclic) bond motifs is 1. The van der Waals surface area contributed by atoms with Gasteiger partial charge in [0, 0.05) is 31.3 Å². The lowest BCUT2D eigenvalue weighted by Gasteiger charge is -2.27. The fraction of sp³-hybridized carbons (Fsp3) is 0.250. The van der Waals surface area contributed by atoms with Crippen LogP contribution in [0, 0.1) is 0 Å². The van der Waals surface area contributed by atoms with Crippen LogP contribution in [0.25, 0.3) is 0 Å². The minimum Gasteiger partial charge on any atom is -0.472 e. The lowest BCUT2D eigenvalue weighted by atomic mass is 10.1. The van der Waals surface area contributed by atoms with E-state index in [4.69, 9.17) is 4.42 Å². The zero-order valence-corrected chi connectivity index (χ0v) is 9.17. The molecule has 0 atom stereocenters. The lowest BCUT2D eigenvalue weighted by Crippen LogP contribution is -2.36. The van der Waals surface area contributed by atoms with Crippen LogP contribution in [0.5, 0.6) is 0 Å². The van der Waals surface area contributed by atoms with Crippen molar-refractivity contribution >= 4 is 5.91 Å². The third kappa shape index (κ3) is 1.80. The summed E-state index contributed by atoms with van der Waals surface area (Å²) in [7, 11) is 0. The summed E-state index contributed by atoms with van der Waals surface area (Å²) in [6.07, 6.45) is 7.08. The van der Waals surface area contributed by atoms with Crippen LogP contribution >= 0.6 is 0 Å². The van der Waals surface area contributed by atoms with Crippen molar-refractivity contribution in [1.82, 2.24) is 14.9 Å². The van der Waals surface area contributed by atoms with Gasteiger partial charge >= 0.3 is 0 Å². The zero-order valence-electron chi connectivity index (χ0n) is 9.17. The second kappa shape index (κ2) is 4.01. The Morgan fingerprint density at radius 3 is 3.24 bits per heavy atom. The number of hydrogen-bond acceptors (Lipinski definition) is 4. The van der Waals surface area contributed by atoms with Gasteiger partial charge in [0.25, 0.3) is 5.91 Å². The first-order valence-corrected chi connectivity index (χ1v) is 5.44. The van der Waals surface area contributed by atoms with E-state index in [-0.39, 0.29) is 5.91 Å². The van der Waals surface area contributed by atoms with Crippen LogP contribution in [0.4, 0.5) is 0 Å². The molecule has 17 heavy (non-hydrogen) atoms. The van der Waals surface area contributed by atoms with Crippen LogP contribution in [0.1, 0.15) is 21.6 Å². The molecule has 86 valence electrons. The maximum Gasteiger partial charge on any atom is 0.257 e. The molecule has 0 saturated heterocycles. The fourth-order valence-corrected chi connectivity index (χ4v) is 2.01. The number of amides is 1. The summed E-state index contributed by atoms with van der Waals surface area (Å²) in [4.78, 5) is 22.1. The molecule has 0 radical (unpaired) electrons. The Morgan fingerprint density at radius 1 is 1.47 bits per heavy atom. The average Bonchev–Trinajstić information content (AvgIpc) is 2.91. The van der Waals surface area contributed by atoms with E-state index in [2.05, 4.69) is 9.97 Å². The number of nitrogens with zero attached hydrogens (tertiary/aromatic N) is 3. The Balaban J connectivity index is 1.83. The van der Waals surface area contributed by atoms with Gasteiger partial charge in [0.15, 0.2) is 0 Å². The highest BCUT2D eigenvalue weighted by molar-refractivity contribution is 5.93. The van der Waals surface area contributed by atoms with E-state index in [0.717, 1.165) is 17.7 Å². The SMILES string of the molecule is O=C(c1ccoc1)N1CCc2ncncc2C1. The highest BCUT2D eigenvalue weighted by Crippen LogP contribution is 2.17. The van der Waals surface area contributed by atoms with Gasteiger partial charge in [0.05, 0.1) is 17.5 Å². The number of rotatable bonds is 1. The molecule has 0 bridgehead atoms. The predicted molar refractivity (Wildman–Crippen MR) is 59.2 cm³/mol. The number of aromatic nitrogens is 2. The van der Waals surface area contributed by atoms with Crippen LogP contribution in [0.3, 0.4) is 0 Å². The minimum absolute atomic E-state index is 0.00625. The molecule has 0 aliphatic carbocycles. The third-order valence-electron chi connectivity index (χ3n) is 2.92. The van der Waals surface area contributed by atoms with Crippen molar-refractivity contribution in [2.75, 3.05) is 6.54 Å². The summed E-state index contributed by atoms with van der Waals surface area (Å²) in [6.45, 7) is 1.26. The molecule has 2 aromatic rings. The molecule has 5 nitrogen and oxygen atoms in total. The molecular formula is C12H11N3O2. The van der Waals surface area contributed by atoms with Gasteiger partial charge in [0.1, 0.15) is 12.6 Å². The summed E-state index contributed by atoms with van der Waals surface area (Å²) < 4.78 is 4.92. The van der Waals surface area contributed by atoms with Gasteiger partial charge in [-0.3, -0.25) is 4.79 Å². The van der Waals surface area contributed by atoms with Crippen LogP contribution in [0.2, 0.25) is 0 Å². The van der Waals surface area contributed by atoms with Gasteiger partial charge in [-0.05, 0) is 6.07 Å². The van der Waals surface area contributed by atoms with Crippen molar-refractivity contribution in [3.8, 4) is 0 Å². The summed E-state index contributed by atoms with van der Waals surface area (Å²) in [5.41, 5.74) is 2.65. The smallest absolute Gasteiger partial charge is 0.257 e. The molecule has 0 spiro atoms. The summed E-state index contributed by atoms with van der Waals surface area (Å²) >= 11 is 0. The molecule has 0 saturated carbocycles. The fourth-order valence-electron chi connectivity index (χ4n) is 2.01. The molecule has 3 rings (SSSR count). The maximum absolute atomic E-state index is 12.1. The number of hydrogen-bond donors (Lipinski definition) is 0. The molecule has 0 unspecified atom stereocenters. The molecule has 1 amide bonds. The van der Waals surface area contributed by atoms with E-state index in [9.17, 15) is 4.79 Å². The Labute approximate surface area is 98.1 Å². The first kappa shape index (κ1) is 10.0. The van der Waals surface area contributed by atoms with Gasteiger partial charge in [-0.2, -0.15) is 0 Å².